The molecule has 0 aliphatic carbocycles. The quantitative estimate of drug-likeness (QED) is 0.620. The third-order valence-electron chi connectivity index (χ3n) is 3.72. The molecule has 0 aliphatic rings. The van der Waals surface area contributed by atoms with E-state index in [0.717, 1.165) is 22.9 Å². The number of benzene rings is 1. The first-order valence-corrected chi connectivity index (χ1v) is 7.62. The second kappa shape index (κ2) is 5.73. The van der Waals surface area contributed by atoms with Gasteiger partial charge in [-0.25, -0.2) is 9.67 Å². The molecule has 3 heterocycles. The van der Waals surface area contributed by atoms with Gasteiger partial charge in [-0.15, -0.1) is 5.10 Å². The summed E-state index contributed by atoms with van der Waals surface area (Å²) in [6.45, 7) is 3.95. The van der Waals surface area contributed by atoms with Crippen LogP contribution < -0.4 is 5.32 Å². The van der Waals surface area contributed by atoms with Crippen molar-refractivity contribution in [2.75, 3.05) is 5.32 Å². The molecule has 3 aromatic heterocycles. The number of hydrogen-bond donors (Lipinski definition) is 1. The van der Waals surface area contributed by atoms with Crippen LogP contribution in [0.3, 0.4) is 0 Å². The van der Waals surface area contributed by atoms with Gasteiger partial charge in [-0.1, -0.05) is 23.4 Å². The van der Waals surface area contributed by atoms with Crippen LogP contribution >= 0.6 is 0 Å². The molecule has 0 amide bonds. The molecule has 0 spiro atoms. The highest BCUT2D eigenvalue weighted by Gasteiger charge is 2.13. The first-order valence-electron chi connectivity index (χ1n) is 7.62. The molecule has 4 rings (SSSR count). The zero-order valence-corrected chi connectivity index (χ0v) is 13.3. The van der Waals surface area contributed by atoms with Crippen LogP contribution in [0, 0.1) is 6.92 Å². The van der Waals surface area contributed by atoms with E-state index >= 15 is 0 Å². The van der Waals surface area contributed by atoms with E-state index in [0.29, 0.717) is 5.78 Å². The van der Waals surface area contributed by atoms with Crippen molar-refractivity contribution in [2.45, 2.75) is 19.9 Å². The van der Waals surface area contributed by atoms with Crippen molar-refractivity contribution in [1.29, 1.82) is 0 Å². The third-order valence-corrected chi connectivity index (χ3v) is 3.72. The van der Waals surface area contributed by atoms with Gasteiger partial charge in [-0.05, 0) is 26.0 Å². The normalized spacial score (nSPS) is 12.4. The minimum absolute atomic E-state index is 0.0448. The van der Waals surface area contributed by atoms with E-state index in [2.05, 4.69) is 30.7 Å². The lowest BCUT2D eigenvalue weighted by molar-refractivity contribution is 0.774. The highest BCUT2D eigenvalue weighted by molar-refractivity contribution is 5.46. The Hall–Kier alpha value is -3.29. The van der Waals surface area contributed by atoms with Gasteiger partial charge in [0.2, 0.25) is 0 Å². The fraction of sp³-hybridized carbons (Fsp3) is 0.188. The number of nitrogens with one attached hydrogen (secondary N) is 1. The van der Waals surface area contributed by atoms with E-state index in [1.165, 1.54) is 6.33 Å². The number of hydrogen-bond acceptors (Lipinski definition) is 6. The summed E-state index contributed by atoms with van der Waals surface area (Å²) in [5, 5.41) is 16.1. The van der Waals surface area contributed by atoms with Crippen molar-refractivity contribution in [3.05, 3.63) is 60.3 Å². The molecule has 4 aromatic rings. The summed E-state index contributed by atoms with van der Waals surface area (Å²) in [5.74, 6) is 1.38. The molecule has 120 valence electrons. The predicted molar refractivity (Wildman–Crippen MR) is 88.9 cm³/mol. The van der Waals surface area contributed by atoms with Gasteiger partial charge in [0.1, 0.15) is 17.8 Å². The maximum absolute atomic E-state index is 4.34. The highest BCUT2D eigenvalue weighted by Crippen LogP contribution is 2.19. The lowest BCUT2D eigenvalue weighted by Gasteiger charge is -2.13. The Morgan fingerprint density at radius 3 is 2.83 bits per heavy atom. The molecule has 0 radical (unpaired) electrons. The molecule has 8 nitrogen and oxygen atoms in total. The second-order valence-electron chi connectivity index (χ2n) is 5.54. The topological polar surface area (TPSA) is 85.8 Å². The van der Waals surface area contributed by atoms with Crippen molar-refractivity contribution >= 4 is 11.6 Å². The van der Waals surface area contributed by atoms with Crippen LogP contribution in [-0.4, -0.2) is 34.6 Å². The van der Waals surface area contributed by atoms with Crippen molar-refractivity contribution in [2.24, 2.45) is 0 Å². The molecule has 1 N–H and O–H groups in total. The lowest BCUT2D eigenvalue weighted by Crippen LogP contribution is -2.11. The molecule has 24 heavy (non-hydrogen) atoms. The Kier molecular flexibility index (Phi) is 3.42. The monoisotopic (exact) mass is 320 g/mol. The van der Waals surface area contributed by atoms with Crippen molar-refractivity contribution in [3.8, 4) is 5.69 Å². The highest BCUT2D eigenvalue weighted by atomic mass is 15.4. The molecule has 1 unspecified atom stereocenters. The Bertz CT molecular complexity index is 972. The van der Waals surface area contributed by atoms with Crippen LogP contribution in [0.1, 0.15) is 24.4 Å². The van der Waals surface area contributed by atoms with Crippen LogP contribution in [0.25, 0.3) is 11.5 Å². The number of rotatable bonds is 4. The van der Waals surface area contributed by atoms with Gasteiger partial charge in [0.05, 0.1) is 17.9 Å². The number of aromatic nitrogens is 7. The first kappa shape index (κ1) is 14.3. The summed E-state index contributed by atoms with van der Waals surface area (Å²) in [6, 6.07) is 11.8. The number of nitrogens with zero attached hydrogens (tertiary/aromatic N) is 7. The van der Waals surface area contributed by atoms with E-state index in [4.69, 9.17) is 0 Å². The van der Waals surface area contributed by atoms with Crippen LogP contribution in [0.2, 0.25) is 0 Å². The third kappa shape index (κ3) is 2.58. The van der Waals surface area contributed by atoms with Gasteiger partial charge in [0.15, 0.2) is 0 Å². The van der Waals surface area contributed by atoms with Crippen LogP contribution in [-0.2, 0) is 0 Å². The zero-order valence-electron chi connectivity index (χ0n) is 13.3. The van der Waals surface area contributed by atoms with Crippen molar-refractivity contribution < 1.29 is 0 Å². The molecule has 0 fully saturated rings. The second-order valence-corrected chi connectivity index (χ2v) is 5.54. The molecule has 0 saturated heterocycles. The average molecular weight is 320 g/mol. The van der Waals surface area contributed by atoms with Gasteiger partial charge in [-0.2, -0.15) is 14.6 Å². The summed E-state index contributed by atoms with van der Waals surface area (Å²) in [4.78, 5) is 8.47. The summed E-state index contributed by atoms with van der Waals surface area (Å²) in [7, 11) is 0. The van der Waals surface area contributed by atoms with Crippen molar-refractivity contribution in [1.82, 2.24) is 34.6 Å². The smallest absolute Gasteiger partial charge is 0.254 e. The first-order chi connectivity index (χ1) is 11.7. The molecule has 0 saturated carbocycles. The van der Waals surface area contributed by atoms with E-state index in [9.17, 15) is 0 Å². The molecule has 0 aliphatic heterocycles. The number of aryl methyl sites for hydroxylation is 1. The summed E-state index contributed by atoms with van der Waals surface area (Å²) in [6.07, 6.45) is 3.41. The number of fused-ring (bicyclic) bond motifs is 1. The van der Waals surface area contributed by atoms with Crippen LogP contribution in [0.5, 0.6) is 0 Å². The zero-order chi connectivity index (χ0) is 16.5. The average Bonchev–Trinajstić information content (AvgIpc) is 3.24. The molecular formula is C16H16N8. The minimum atomic E-state index is -0.0448. The fourth-order valence-corrected chi connectivity index (χ4v) is 2.51. The summed E-state index contributed by atoms with van der Waals surface area (Å²) >= 11 is 0. The van der Waals surface area contributed by atoms with E-state index in [1.807, 2.05) is 56.4 Å². The maximum atomic E-state index is 4.34. The SMILES string of the molecule is Cc1cc(NC(C)c2cn(-c3ccccc3)nn2)n2ncnc2n1. The predicted octanol–water partition coefficient (Wildman–Crippen LogP) is 2.19. The Labute approximate surface area is 138 Å². The lowest BCUT2D eigenvalue weighted by atomic mass is 10.2. The molecule has 0 bridgehead atoms. The summed E-state index contributed by atoms with van der Waals surface area (Å²) in [5.41, 5.74) is 2.68. The van der Waals surface area contributed by atoms with Gasteiger partial charge in [0, 0.05) is 11.8 Å². The van der Waals surface area contributed by atoms with Gasteiger partial charge >= 0.3 is 0 Å². The summed E-state index contributed by atoms with van der Waals surface area (Å²) < 4.78 is 3.43. The molecule has 1 aromatic carbocycles. The van der Waals surface area contributed by atoms with Crippen LogP contribution in [0.15, 0.2) is 48.9 Å². The standard InChI is InChI=1S/C16H16N8/c1-11-8-15(24-16(19-11)17-10-18-24)20-12(2)14-9-23(22-21-14)13-6-4-3-5-7-13/h3-10,12,20H,1-2H3. The Morgan fingerprint density at radius 2 is 2.00 bits per heavy atom. The fourth-order valence-electron chi connectivity index (χ4n) is 2.51. The van der Waals surface area contributed by atoms with E-state index in [-0.39, 0.29) is 6.04 Å². The van der Waals surface area contributed by atoms with Gasteiger partial charge in [-0.3, -0.25) is 0 Å². The van der Waals surface area contributed by atoms with Gasteiger partial charge in [0.25, 0.3) is 5.78 Å². The van der Waals surface area contributed by atoms with E-state index in [1.54, 1.807) is 9.20 Å². The van der Waals surface area contributed by atoms with Gasteiger partial charge < -0.3 is 5.32 Å². The maximum Gasteiger partial charge on any atom is 0.254 e. The molecule has 1 atom stereocenters. The largest absolute Gasteiger partial charge is 0.362 e. The Balaban J connectivity index is 1.61. The number of para-hydroxylation sites is 1. The molecule has 8 heteroatoms. The number of anilines is 1. The Morgan fingerprint density at radius 1 is 1.17 bits per heavy atom. The minimum Gasteiger partial charge on any atom is -0.362 e. The molecular weight excluding hydrogens is 304 g/mol. The van der Waals surface area contributed by atoms with E-state index < -0.39 is 0 Å². The van der Waals surface area contributed by atoms with Crippen molar-refractivity contribution in [3.63, 3.8) is 0 Å². The van der Waals surface area contributed by atoms with Crippen LogP contribution in [0.4, 0.5) is 5.82 Å².